The molecule has 0 bridgehead atoms. The van der Waals surface area contributed by atoms with E-state index in [1.165, 1.54) is 9.95 Å². The Balaban J connectivity index is 1.98. The number of amides is 1. The van der Waals surface area contributed by atoms with Crippen LogP contribution in [0.1, 0.15) is 48.4 Å². The number of carbonyl (C=O) groups is 2. The largest absolute Gasteiger partial charge is 0.478 e. The number of hydrogen-bond donors (Lipinski definition) is 2. The zero-order chi connectivity index (χ0) is 20.4. The van der Waals surface area contributed by atoms with Gasteiger partial charge in [-0.2, -0.15) is 0 Å². The quantitative estimate of drug-likeness (QED) is 0.661. The Morgan fingerprint density at radius 2 is 1.93 bits per heavy atom. The normalized spacial score (nSPS) is 11.1. The number of rotatable bonds is 6. The van der Waals surface area contributed by atoms with Gasteiger partial charge in [0.15, 0.2) is 0 Å². The third-order valence-corrected chi connectivity index (χ3v) is 5.29. The number of carboxylic acid groups (broad SMARTS) is 1. The highest BCUT2D eigenvalue weighted by Crippen LogP contribution is 2.24. The predicted molar refractivity (Wildman–Crippen MR) is 109 cm³/mol. The average Bonchev–Trinajstić information content (AvgIpc) is 3.09. The van der Waals surface area contributed by atoms with Crippen molar-refractivity contribution in [2.75, 3.05) is 5.32 Å². The van der Waals surface area contributed by atoms with E-state index in [9.17, 15) is 19.5 Å². The van der Waals surface area contributed by atoms with Gasteiger partial charge in [0.25, 0.3) is 5.56 Å². The Hall–Kier alpha value is -3.00. The van der Waals surface area contributed by atoms with Crippen molar-refractivity contribution in [3.63, 3.8) is 0 Å². The highest BCUT2D eigenvalue weighted by Gasteiger charge is 2.22. The Kier molecular flexibility index (Phi) is 5.60. The topological polar surface area (TPSA) is 101 Å². The van der Waals surface area contributed by atoms with Crippen LogP contribution in [0.25, 0.3) is 10.2 Å². The molecule has 0 aliphatic rings. The molecule has 0 saturated carbocycles. The smallest absolute Gasteiger partial charge is 0.337 e. The third kappa shape index (κ3) is 3.82. The second kappa shape index (κ2) is 7.93. The number of nitrogens with zero attached hydrogens (tertiary/aromatic N) is 2. The molecule has 2 heterocycles. The molecule has 146 valence electrons. The van der Waals surface area contributed by atoms with Gasteiger partial charge in [0.05, 0.1) is 10.9 Å². The Bertz CT molecular complexity index is 1100. The van der Waals surface area contributed by atoms with Crippen LogP contribution in [0.3, 0.4) is 0 Å². The first-order valence-corrected chi connectivity index (χ1v) is 9.83. The number of benzene rings is 1. The summed E-state index contributed by atoms with van der Waals surface area (Å²) in [5, 5.41) is 13.6. The van der Waals surface area contributed by atoms with E-state index in [0.717, 1.165) is 23.3 Å². The van der Waals surface area contributed by atoms with Gasteiger partial charge in [-0.05, 0) is 24.1 Å². The fourth-order valence-electron chi connectivity index (χ4n) is 2.96. The van der Waals surface area contributed by atoms with Crippen LogP contribution in [-0.4, -0.2) is 26.5 Å². The minimum atomic E-state index is -1.19. The van der Waals surface area contributed by atoms with Crippen molar-refractivity contribution < 1.29 is 14.7 Å². The molecular weight excluding hydrogens is 378 g/mol. The second-order valence-corrected chi connectivity index (χ2v) is 7.61. The number of carbonyl (C=O) groups excluding carboxylic acids is 1. The van der Waals surface area contributed by atoms with Gasteiger partial charge in [-0.15, -0.1) is 11.3 Å². The SMILES string of the molecule is CCc1ccc(NC(=O)Cn2c(C(C)C)nc3scc(C(=O)O)c3c2=O)cc1. The molecular formula is C20H21N3O4S. The molecule has 0 fully saturated rings. The van der Waals surface area contributed by atoms with Crippen LogP contribution in [0, 0.1) is 0 Å². The average molecular weight is 399 g/mol. The van der Waals surface area contributed by atoms with E-state index in [1.54, 1.807) is 0 Å². The number of thiophene rings is 1. The molecule has 0 radical (unpaired) electrons. The number of aromatic carboxylic acids is 1. The first-order chi connectivity index (χ1) is 13.3. The molecule has 1 aromatic carbocycles. The third-order valence-electron chi connectivity index (χ3n) is 4.42. The van der Waals surface area contributed by atoms with Crippen LogP contribution in [0.4, 0.5) is 5.69 Å². The second-order valence-electron chi connectivity index (χ2n) is 6.75. The highest BCUT2D eigenvalue weighted by atomic mass is 32.1. The molecule has 7 nitrogen and oxygen atoms in total. The van der Waals surface area contributed by atoms with Gasteiger partial charge in [0.1, 0.15) is 17.2 Å². The standard InChI is InChI=1S/C20H21N3O4S/c1-4-12-5-7-13(8-6-12)21-15(24)9-23-17(11(2)3)22-18-16(19(23)25)14(10-28-18)20(26)27/h5-8,10-11H,4,9H2,1-3H3,(H,21,24)(H,26,27). The maximum absolute atomic E-state index is 13.0. The first kappa shape index (κ1) is 19.8. The van der Waals surface area contributed by atoms with Gasteiger partial charge in [-0.3, -0.25) is 14.2 Å². The number of nitrogens with one attached hydrogen (secondary N) is 1. The molecule has 3 aromatic rings. The maximum atomic E-state index is 13.0. The lowest BCUT2D eigenvalue weighted by molar-refractivity contribution is -0.116. The molecule has 8 heteroatoms. The lowest BCUT2D eigenvalue weighted by Gasteiger charge is -2.15. The zero-order valence-corrected chi connectivity index (χ0v) is 16.7. The van der Waals surface area contributed by atoms with E-state index in [-0.39, 0.29) is 29.3 Å². The van der Waals surface area contributed by atoms with E-state index in [4.69, 9.17) is 0 Å². The Labute approximate surface area is 165 Å². The molecule has 1 amide bonds. The minimum absolute atomic E-state index is 0.0435. The summed E-state index contributed by atoms with van der Waals surface area (Å²) >= 11 is 1.12. The molecule has 3 rings (SSSR count). The summed E-state index contributed by atoms with van der Waals surface area (Å²) in [6.45, 7) is 5.56. The molecule has 0 spiro atoms. The monoisotopic (exact) mass is 399 g/mol. The van der Waals surface area contributed by atoms with Crippen molar-refractivity contribution in [1.29, 1.82) is 0 Å². The molecule has 0 aliphatic heterocycles. The van der Waals surface area contributed by atoms with Crippen LogP contribution in [-0.2, 0) is 17.8 Å². The lowest BCUT2D eigenvalue weighted by atomic mass is 10.1. The van der Waals surface area contributed by atoms with E-state index in [2.05, 4.69) is 10.3 Å². The van der Waals surface area contributed by atoms with Gasteiger partial charge in [-0.25, -0.2) is 9.78 Å². The summed E-state index contributed by atoms with van der Waals surface area (Å²) in [5.74, 6) is -1.21. The summed E-state index contributed by atoms with van der Waals surface area (Å²) in [7, 11) is 0. The van der Waals surface area contributed by atoms with E-state index >= 15 is 0 Å². The number of fused-ring (bicyclic) bond motifs is 1. The van der Waals surface area contributed by atoms with Crippen molar-refractivity contribution in [2.45, 2.75) is 39.7 Å². The van der Waals surface area contributed by atoms with Crippen molar-refractivity contribution in [3.8, 4) is 0 Å². The van der Waals surface area contributed by atoms with Crippen LogP contribution >= 0.6 is 11.3 Å². The summed E-state index contributed by atoms with van der Waals surface area (Å²) in [6, 6.07) is 7.48. The maximum Gasteiger partial charge on any atom is 0.337 e. The van der Waals surface area contributed by atoms with Gasteiger partial charge < -0.3 is 10.4 Å². The van der Waals surface area contributed by atoms with Gasteiger partial charge >= 0.3 is 5.97 Å². The number of hydrogen-bond acceptors (Lipinski definition) is 5. The summed E-state index contributed by atoms with van der Waals surface area (Å²) < 4.78 is 1.27. The van der Waals surface area contributed by atoms with Crippen LogP contribution < -0.4 is 10.9 Å². The van der Waals surface area contributed by atoms with Crippen molar-refractivity contribution >= 4 is 39.1 Å². The molecule has 0 saturated heterocycles. The Morgan fingerprint density at radius 3 is 2.50 bits per heavy atom. The Morgan fingerprint density at radius 1 is 1.25 bits per heavy atom. The molecule has 0 atom stereocenters. The van der Waals surface area contributed by atoms with E-state index in [1.807, 2.05) is 45.0 Å². The molecule has 0 aliphatic carbocycles. The van der Waals surface area contributed by atoms with Crippen molar-refractivity contribution in [2.24, 2.45) is 0 Å². The highest BCUT2D eigenvalue weighted by molar-refractivity contribution is 7.17. The van der Waals surface area contributed by atoms with Gasteiger partial charge in [0, 0.05) is 17.0 Å². The number of carboxylic acids is 1. The van der Waals surface area contributed by atoms with E-state index < -0.39 is 11.5 Å². The molecule has 2 N–H and O–H groups in total. The number of aromatic nitrogens is 2. The first-order valence-electron chi connectivity index (χ1n) is 8.95. The summed E-state index contributed by atoms with van der Waals surface area (Å²) in [4.78, 5) is 41.8. The fraction of sp³-hybridized carbons (Fsp3) is 0.300. The molecule has 2 aromatic heterocycles. The van der Waals surface area contributed by atoms with Crippen molar-refractivity contribution in [1.82, 2.24) is 9.55 Å². The van der Waals surface area contributed by atoms with E-state index in [0.29, 0.717) is 16.3 Å². The van der Waals surface area contributed by atoms with Gasteiger partial charge in [0.2, 0.25) is 5.91 Å². The number of aryl methyl sites for hydroxylation is 1. The van der Waals surface area contributed by atoms with Crippen LogP contribution in [0.5, 0.6) is 0 Å². The van der Waals surface area contributed by atoms with Crippen LogP contribution in [0.2, 0.25) is 0 Å². The van der Waals surface area contributed by atoms with Crippen molar-refractivity contribution in [3.05, 3.63) is 57.0 Å². The number of anilines is 1. The predicted octanol–water partition coefficient (Wildman–Crippen LogP) is 3.48. The summed E-state index contributed by atoms with van der Waals surface area (Å²) in [6.07, 6.45) is 0.902. The molecule has 28 heavy (non-hydrogen) atoms. The zero-order valence-electron chi connectivity index (χ0n) is 15.9. The lowest BCUT2D eigenvalue weighted by Crippen LogP contribution is -2.32. The van der Waals surface area contributed by atoms with Crippen LogP contribution in [0.15, 0.2) is 34.4 Å². The summed E-state index contributed by atoms with van der Waals surface area (Å²) in [5.41, 5.74) is 1.20. The fourth-order valence-corrected chi connectivity index (χ4v) is 3.87. The van der Waals surface area contributed by atoms with Gasteiger partial charge in [-0.1, -0.05) is 32.9 Å². The minimum Gasteiger partial charge on any atom is -0.478 e. The molecule has 0 unspecified atom stereocenters.